The fourth-order valence-electron chi connectivity index (χ4n) is 8.37. The van der Waals surface area contributed by atoms with E-state index >= 15 is 0 Å². The molecule has 1 aromatic carbocycles. The molecule has 1 saturated heterocycles. The van der Waals surface area contributed by atoms with Crippen LogP contribution in [0.5, 0.6) is 5.75 Å². The van der Waals surface area contributed by atoms with Crippen LogP contribution in [0, 0.1) is 5.92 Å². The fourth-order valence-corrected chi connectivity index (χ4v) is 8.63. The van der Waals surface area contributed by atoms with Gasteiger partial charge in [-0.1, -0.05) is 32.4 Å². The van der Waals surface area contributed by atoms with Crippen LogP contribution < -0.4 is 64.6 Å². The average molecular weight is 1240 g/mol. The fraction of sp³-hybridized carbons (Fsp3) is 0.615. The number of thiol groups is 1. The van der Waals surface area contributed by atoms with E-state index in [1.54, 1.807) is 13.8 Å². The lowest BCUT2D eigenvalue weighted by atomic mass is 9.97. The highest BCUT2D eigenvalue weighted by Crippen LogP contribution is 2.20. The predicted molar refractivity (Wildman–Crippen MR) is 303 cm³/mol. The molecule has 1 heterocycles. The van der Waals surface area contributed by atoms with Gasteiger partial charge >= 0.3 is 11.9 Å². The molecule has 0 aromatic heterocycles. The smallest absolute Gasteiger partial charge is 0.326 e. The summed E-state index contributed by atoms with van der Waals surface area (Å²) >= 11 is 4.16. The van der Waals surface area contributed by atoms with Gasteiger partial charge in [-0.05, 0) is 77.5 Å². The zero-order valence-electron chi connectivity index (χ0n) is 48.5. The van der Waals surface area contributed by atoms with Crippen LogP contribution in [0.4, 0.5) is 0 Å². The molecule has 34 heteroatoms. The number of nitrogens with zero attached hydrogens (tertiary/aromatic N) is 1. The molecule has 2 rings (SSSR count). The number of nitrogens with two attached hydrogens (primary N) is 2. The van der Waals surface area contributed by atoms with Crippen molar-refractivity contribution in [3.63, 3.8) is 0 Å². The summed E-state index contributed by atoms with van der Waals surface area (Å²) in [5.74, 6) is -16.6. The highest BCUT2D eigenvalue weighted by atomic mass is 32.1. The van der Waals surface area contributed by atoms with Gasteiger partial charge in [-0.3, -0.25) is 62.3 Å². The minimum absolute atomic E-state index is 0.0477. The molecule has 0 aliphatic carbocycles. The SMILES string of the molecule is CC[C@H](C)[C@H](NC(=O)[C@@H](NC(=O)[C@H](Cc1ccc(O)cc1)NC(=O)[C@H](C)N)[C@@H](C)O)C(=O)N[C@@H](CS)C(=O)N[C@@H](C)C(=O)NCC(=O)N[C@H](C(=O)N[C@@H](CCC(N)=O)C(=O)N[C@H](C(=O)N[C@@H](CC(=O)O)C(=O)N1CCC[C@H]1C(=O)O)[C@@H](C)O)[C@@H](C)O. The molecule has 1 aromatic rings. The number of aliphatic hydroxyl groups excluding tert-OH is 3. The normalized spacial score (nSPS) is 17.8. The number of hydrogen-bond acceptors (Lipinski definition) is 20. The molecule has 0 radical (unpaired) electrons. The van der Waals surface area contributed by atoms with Gasteiger partial charge in [0.15, 0.2) is 0 Å². The third kappa shape index (κ3) is 23.7. The van der Waals surface area contributed by atoms with Crippen LogP contribution in [0.2, 0.25) is 0 Å². The first kappa shape index (κ1) is 73.9. The minimum Gasteiger partial charge on any atom is -0.508 e. The zero-order chi connectivity index (χ0) is 65.4. The molecule has 0 unspecified atom stereocenters. The predicted octanol–water partition coefficient (Wildman–Crippen LogP) is -7.28. The Bertz CT molecular complexity index is 2610. The molecule has 15 atom stereocenters. The van der Waals surface area contributed by atoms with Gasteiger partial charge in [-0.25, -0.2) is 4.79 Å². The van der Waals surface area contributed by atoms with Crippen molar-refractivity contribution in [1.29, 1.82) is 0 Å². The van der Waals surface area contributed by atoms with Crippen LogP contribution in [0.25, 0.3) is 0 Å². The molecular weight excluding hydrogens is 1160 g/mol. The van der Waals surface area contributed by atoms with Crippen LogP contribution in [-0.4, -0.2) is 222 Å². The first-order chi connectivity index (χ1) is 40.1. The number of benzene rings is 1. The molecule has 12 amide bonds. The molecule has 86 heavy (non-hydrogen) atoms. The first-order valence-corrected chi connectivity index (χ1v) is 28.0. The lowest BCUT2D eigenvalue weighted by molar-refractivity contribution is -0.151. The largest absolute Gasteiger partial charge is 0.508 e. The number of phenols is 1. The van der Waals surface area contributed by atoms with Gasteiger partial charge in [-0.15, -0.1) is 0 Å². The number of phenolic OH excluding ortho intramolecular Hbond substituents is 1. The number of aliphatic carboxylic acids is 2. The van der Waals surface area contributed by atoms with E-state index in [0.29, 0.717) is 5.56 Å². The van der Waals surface area contributed by atoms with Crippen LogP contribution in [0.3, 0.4) is 0 Å². The molecule has 0 saturated carbocycles. The standard InChI is InChI=1S/C52H81N13O20S/c1-8-22(2)38(62-50(82)41(27(7)68)64-45(77)31(58-42(74)23(3)53)18-28-11-13-29(69)14-12-28)47(79)60-33(21-86)46(78)56-24(4)43(75)55-20-36(71)61-39(25(5)66)48(80)57-30(15-16-35(54)70)44(76)63-40(26(6)67)49(81)59-32(19-37(72)73)51(83)65-17-9-10-34(65)52(84)85/h11-14,22-27,30-34,38-41,66-69,86H,8-10,15-21,53H2,1-7H3,(H2,54,70)(H,55,75)(H,56,78)(H,57,80)(H,58,74)(H,59,81)(H,60,79)(H,61,71)(H,62,82)(H,63,76)(H,64,77)(H,72,73)(H,84,85)/t22-,23-,24-,25+,26+,27+,30-,31-,32-,33-,34-,38-,39-,40-,41-/m0/s1. The molecule has 1 aliphatic heterocycles. The second kappa shape index (κ2) is 35.3. The van der Waals surface area contributed by atoms with E-state index in [4.69, 9.17) is 11.5 Å². The molecule has 1 aliphatic rings. The van der Waals surface area contributed by atoms with E-state index in [1.807, 2.05) is 0 Å². The van der Waals surface area contributed by atoms with Crippen molar-refractivity contribution in [2.75, 3.05) is 18.8 Å². The summed E-state index contributed by atoms with van der Waals surface area (Å²) in [6, 6.07) is -11.5. The summed E-state index contributed by atoms with van der Waals surface area (Å²) < 4.78 is 0. The first-order valence-electron chi connectivity index (χ1n) is 27.4. The second-order valence-corrected chi connectivity index (χ2v) is 21.1. The number of aliphatic hydroxyl groups is 3. The van der Waals surface area contributed by atoms with Gasteiger partial charge in [0.05, 0.1) is 37.3 Å². The number of aromatic hydroxyl groups is 1. The van der Waals surface area contributed by atoms with Crippen molar-refractivity contribution in [2.45, 2.75) is 178 Å². The summed E-state index contributed by atoms with van der Waals surface area (Å²) in [5.41, 5.74) is 11.5. The van der Waals surface area contributed by atoms with Gasteiger partial charge in [0.2, 0.25) is 70.9 Å². The van der Waals surface area contributed by atoms with Crippen molar-refractivity contribution < 1.29 is 97.8 Å². The number of hydrogen-bond donors (Lipinski definition) is 19. The van der Waals surface area contributed by atoms with E-state index in [2.05, 4.69) is 65.8 Å². The van der Waals surface area contributed by atoms with Crippen molar-refractivity contribution in [1.82, 2.24) is 58.1 Å². The topological polar surface area (TPSA) is 536 Å². The highest BCUT2D eigenvalue weighted by Gasteiger charge is 2.41. The Hall–Kier alpha value is -8.21. The number of amides is 12. The number of carbonyl (C=O) groups excluding carboxylic acids is 12. The molecule has 33 nitrogen and oxygen atoms in total. The Balaban J connectivity index is 2.15. The average Bonchev–Trinajstić information content (AvgIpc) is 4.07. The quantitative estimate of drug-likeness (QED) is 0.0281. The van der Waals surface area contributed by atoms with E-state index in [0.717, 1.165) is 18.7 Å². The number of carboxylic acid groups (broad SMARTS) is 2. The Morgan fingerprint density at radius 1 is 0.605 bits per heavy atom. The van der Waals surface area contributed by atoms with Gasteiger partial charge in [0.1, 0.15) is 66.2 Å². The van der Waals surface area contributed by atoms with Crippen LogP contribution in [0.1, 0.15) is 92.6 Å². The second-order valence-electron chi connectivity index (χ2n) is 20.8. The van der Waals surface area contributed by atoms with E-state index in [-0.39, 0.29) is 43.7 Å². The van der Waals surface area contributed by atoms with E-state index in [9.17, 15) is 97.8 Å². The van der Waals surface area contributed by atoms with Crippen molar-refractivity contribution in [2.24, 2.45) is 17.4 Å². The number of likely N-dealkylation sites (tertiary alicyclic amines) is 1. The maximum absolute atomic E-state index is 13.8. The Labute approximate surface area is 499 Å². The molecule has 20 N–H and O–H groups in total. The molecule has 480 valence electrons. The number of carboxylic acids is 2. The van der Waals surface area contributed by atoms with E-state index < -0.39 is 199 Å². The van der Waals surface area contributed by atoms with Gasteiger partial charge < -0.3 is 100 Å². The third-order valence-corrected chi connectivity index (χ3v) is 13.9. The van der Waals surface area contributed by atoms with Gasteiger partial charge in [-0.2, -0.15) is 12.6 Å². The number of carbonyl (C=O) groups is 14. The Kier molecular flexibility index (Phi) is 30.3. The van der Waals surface area contributed by atoms with Gasteiger partial charge in [0, 0.05) is 25.1 Å². The molecule has 0 spiro atoms. The third-order valence-electron chi connectivity index (χ3n) is 13.5. The van der Waals surface area contributed by atoms with E-state index in [1.165, 1.54) is 45.0 Å². The van der Waals surface area contributed by atoms with Crippen molar-refractivity contribution >= 4 is 95.5 Å². The maximum atomic E-state index is 13.8. The molecular formula is C52H81N13O20S. The number of nitrogens with one attached hydrogen (secondary N) is 10. The zero-order valence-corrected chi connectivity index (χ0v) is 49.4. The van der Waals surface area contributed by atoms with Crippen molar-refractivity contribution in [3.05, 3.63) is 29.8 Å². The summed E-state index contributed by atoms with van der Waals surface area (Å²) in [6.07, 6.45) is -6.80. The van der Waals surface area contributed by atoms with Crippen LogP contribution in [0.15, 0.2) is 24.3 Å². The molecule has 1 fully saturated rings. The lowest BCUT2D eigenvalue weighted by Gasteiger charge is -2.30. The lowest BCUT2D eigenvalue weighted by Crippen LogP contribution is -2.62. The summed E-state index contributed by atoms with van der Waals surface area (Å²) in [6.45, 7) is 8.14. The van der Waals surface area contributed by atoms with Crippen LogP contribution in [-0.2, 0) is 73.5 Å². The number of primary amides is 1. The number of rotatable bonds is 35. The van der Waals surface area contributed by atoms with Crippen LogP contribution >= 0.6 is 12.6 Å². The Morgan fingerprint density at radius 3 is 1.56 bits per heavy atom. The Morgan fingerprint density at radius 2 is 1.07 bits per heavy atom. The summed E-state index contributed by atoms with van der Waals surface area (Å²) in [7, 11) is 0. The monoisotopic (exact) mass is 1240 g/mol. The van der Waals surface area contributed by atoms with Gasteiger partial charge in [0.25, 0.3) is 0 Å². The highest BCUT2D eigenvalue weighted by molar-refractivity contribution is 7.80. The summed E-state index contributed by atoms with van der Waals surface area (Å²) in [5, 5.41) is 83.4. The maximum Gasteiger partial charge on any atom is 0.326 e. The minimum atomic E-state index is -1.98. The summed E-state index contributed by atoms with van der Waals surface area (Å²) in [4.78, 5) is 184. The van der Waals surface area contributed by atoms with Crippen molar-refractivity contribution in [3.8, 4) is 5.75 Å². The molecule has 0 bridgehead atoms.